The van der Waals surface area contributed by atoms with Gasteiger partial charge in [-0.1, -0.05) is 115 Å². The van der Waals surface area contributed by atoms with E-state index < -0.39 is 0 Å². The zero-order chi connectivity index (χ0) is 29.1. The second kappa shape index (κ2) is 19.2. The van der Waals surface area contributed by atoms with Crippen molar-refractivity contribution in [2.45, 2.75) is 123 Å². The van der Waals surface area contributed by atoms with E-state index in [1.807, 2.05) is 12.1 Å². The third kappa shape index (κ3) is 11.1. The van der Waals surface area contributed by atoms with Gasteiger partial charge >= 0.3 is 0 Å². The van der Waals surface area contributed by atoms with Crippen molar-refractivity contribution in [2.24, 2.45) is 0 Å². The van der Waals surface area contributed by atoms with Gasteiger partial charge in [0, 0.05) is 12.1 Å². The predicted octanol–water partition coefficient (Wildman–Crippen LogP) is 9.25. The number of imidazole rings is 1. The van der Waals surface area contributed by atoms with Crippen molar-refractivity contribution in [1.82, 2.24) is 14.9 Å². The average molecular weight is 564 g/mol. The van der Waals surface area contributed by atoms with Crippen LogP contribution in [0.2, 0.25) is 0 Å². The van der Waals surface area contributed by atoms with E-state index in [0.717, 1.165) is 29.8 Å². The molecule has 1 N–H and O–H groups in total. The molecule has 0 aliphatic heterocycles. The van der Waals surface area contributed by atoms with E-state index in [-0.39, 0.29) is 5.91 Å². The van der Waals surface area contributed by atoms with E-state index in [0.29, 0.717) is 23.6 Å². The van der Waals surface area contributed by atoms with Crippen LogP contribution in [-0.2, 0) is 13.1 Å². The number of nitrogens with zero attached hydrogens (tertiary/aromatic N) is 2. The quantitative estimate of drug-likeness (QED) is 0.124. The van der Waals surface area contributed by atoms with Gasteiger partial charge in [0.2, 0.25) is 0 Å². The lowest BCUT2D eigenvalue weighted by atomic mass is 10.0. The molecule has 0 saturated carbocycles. The first-order valence-corrected chi connectivity index (χ1v) is 16.1. The first-order valence-electron chi connectivity index (χ1n) is 16.1. The van der Waals surface area contributed by atoms with Gasteiger partial charge in [0.05, 0.1) is 31.8 Å². The summed E-state index contributed by atoms with van der Waals surface area (Å²) in [6.45, 7) is 3.58. The highest BCUT2D eigenvalue weighted by atomic mass is 16.5. The van der Waals surface area contributed by atoms with Crippen molar-refractivity contribution in [2.75, 3.05) is 14.2 Å². The van der Waals surface area contributed by atoms with Crippen molar-refractivity contribution >= 4 is 16.9 Å². The molecule has 41 heavy (non-hydrogen) atoms. The molecule has 0 fully saturated rings. The molecule has 0 spiro atoms. The monoisotopic (exact) mass is 563 g/mol. The Balaban J connectivity index is 1.35. The maximum absolute atomic E-state index is 12.9. The largest absolute Gasteiger partial charge is 0.493 e. The van der Waals surface area contributed by atoms with E-state index >= 15 is 0 Å². The molecule has 0 aliphatic rings. The lowest BCUT2D eigenvalue weighted by Gasteiger charge is -2.12. The Morgan fingerprint density at radius 2 is 1.29 bits per heavy atom. The molecule has 0 aliphatic carbocycles. The number of unbranched alkanes of at least 4 members (excludes halogenated alkanes) is 15. The summed E-state index contributed by atoms with van der Waals surface area (Å²) in [6.07, 6.45) is 21.8. The second-order valence-electron chi connectivity index (χ2n) is 11.2. The zero-order valence-corrected chi connectivity index (χ0v) is 25.9. The number of benzene rings is 2. The Morgan fingerprint density at radius 1 is 0.732 bits per heavy atom. The number of ether oxygens (including phenoxy) is 2. The fraction of sp³-hybridized carbons (Fsp3) is 0.600. The van der Waals surface area contributed by atoms with Gasteiger partial charge in [-0.25, -0.2) is 4.98 Å². The number of aryl methyl sites for hydroxylation is 1. The fourth-order valence-electron chi connectivity index (χ4n) is 5.57. The van der Waals surface area contributed by atoms with Crippen molar-refractivity contribution in [3.05, 3.63) is 53.9 Å². The topological polar surface area (TPSA) is 65.4 Å². The molecule has 1 amide bonds. The molecule has 6 heteroatoms. The van der Waals surface area contributed by atoms with Crippen LogP contribution in [0.3, 0.4) is 0 Å². The van der Waals surface area contributed by atoms with Crippen LogP contribution >= 0.6 is 0 Å². The predicted molar refractivity (Wildman–Crippen MR) is 170 cm³/mol. The van der Waals surface area contributed by atoms with E-state index in [1.165, 1.54) is 96.3 Å². The van der Waals surface area contributed by atoms with Gasteiger partial charge in [-0.05, 0) is 36.8 Å². The number of hydrogen-bond acceptors (Lipinski definition) is 4. The standard InChI is InChI=1S/C35H53N3O3/c1-4-5-6-7-8-9-10-11-12-13-14-15-16-17-18-21-26-38-31-23-20-19-22-30(31)37-34(38)28-36-35(39)29-24-25-32(40-2)33(27-29)41-3/h19-20,22-25,27H,4-18,21,26,28H2,1-3H3,(H,36,39). The molecule has 0 saturated heterocycles. The normalized spacial score (nSPS) is 11.2. The second-order valence-corrected chi connectivity index (χ2v) is 11.2. The van der Waals surface area contributed by atoms with Gasteiger partial charge in [0.1, 0.15) is 5.82 Å². The van der Waals surface area contributed by atoms with Crippen LogP contribution in [-0.4, -0.2) is 29.7 Å². The highest BCUT2D eigenvalue weighted by Gasteiger charge is 2.14. The summed E-state index contributed by atoms with van der Waals surface area (Å²) in [5.74, 6) is 1.87. The lowest BCUT2D eigenvalue weighted by Crippen LogP contribution is -2.25. The summed E-state index contributed by atoms with van der Waals surface area (Å²) in [6, 6.07) is 13.4. The van der Waals surface area contributed by atoms with Crippen LogP contribution in [0.15, 0.2) is 42.5 Å². The maximum atomic E-state index is 12.9. The van der Waals surface area contributed by atoms with E-state index in [1.54, 1.807) is 32.4 Å². The van der Waals surface area contributed by atoms with Crippen molar-refractivity contribution < 1.29 is 14.3 Å². The maximum Gasteiger partial charge on any atom is 0.251 e. The molecule has 1 aromatic heterocycles. The Bertz CT molecular complexity index is 1160. The zero-order valence-electron chi connectivity index (χ0n) is 25.9. The van der Waals surface area contributed by atoms with Gasteiger partial charge in [0.25, 0.3) is 5.91 Å². The summed E-state index contributed by atoms with van der Waals surface area (Å²) in [5.41, 5.74) is 2.63. The molecule has 3 rings (SSSR count). The number of amides is 1. The minimum absolute atomic E-state index is 0.160. The van der Waals surface area contributed by atoms with Crippen LogP contribution in [0.1, 0.15) is 126 Å². The van der Waals surface area contributed by atoms with Crippen molar-refractivity contribution in [3.63, 3.8) is 0 Å². The smallest absolute Gasteiger partial charge is 0.251 e. The van der Waals surface area contributed by atoms with E-state index in [9.17, 15) is 4.79 Å². The van der Waals surface area contributed by atoms with Crippen molar-refractivity contribution in [3.8, 4) is 11.5 Å². The molecule has 0 atom stereocenters. The van der Waals surface area contributed by atoms with Gasteiger partial charge in [-0.15, -0.1) is 0 Å². The van der Waals surface area contributed by atoms with Crippen LogP contribution in [0.25, 0.3) is 11.0 Å². The molecule has 0 unspecified atom stereocenters. The Morgan fingerprint density at radius 3 is 1.88 bits per heavy atom. The third-order valence-corrected chi connectivity index (χ3v) is 8.02. The van der Waals surface area contributed by atoms with Crippen LogP contribution < -0.4 is 14.8 Å². The Hall–Kier alpha value is -3.02. The Kier molecular flexibility index (Phi) is 15.2. The summed E-state index contributed by atoms with van der Waals surface area (Å²) < 4.78 is 12.9. The number of carbonyl (C=O) groups excluding carboxylic acids is 1. The van der Waals surface area contributed by atoms with E-state index in [2.05, 4.69) is 28.9 Å². The number of fused-ring (bicyclic) bond motifs is 1. The van der Waals surface area contributed by atoms with Gasteiger partial charge in [-0.3, -0.25) is 4.79 Å². The molecule has 6 nitrogen and oxygen atoms in total. The first-order chi connectivity index (χ1) is 20.2. The number of methoxy groups -OCH3 is 2. The minimum atomic E-state index is -0.160. The molecule has 0 radical (unpaired) electrons. The SMILES string of the molecule is CCCCCCCCCCCCCCCCCCn1c(CNC(=O)c2ccc(OC)c(OC)c2)nc2ccccc21. The molecule has 2 aromatic carbocycles. The number of para-hydroxylation sites is 2. The molecule has 1 heterocycles. The summed E-state index contributed by atoms with van der Waals surface area (Å²) >= 11 is 0. The summed E-state index contributed by atoms with van der Waals surface area (Å²) in [5, 5.41) is 3.04. The number of carbonyl (C=O) groups is 1. The van der Waals surface area contributed by atoms with Gasteiger partial charge in [0.15, 0.2) is 11.5 Å². The number of hydrogen-bond donors (Lipinski definition) is 1. The lowest BCUT2D eigenvalue weighted by molar-refractivity contribution is 0.0949. The molecular formula is C35H53N3O3. The number of nitrogens with one attached hydrogen (secondary N) is 1. The Labute approximate surface area is 248 Å². The average Bonchev–Trinajstić information content (AvgIpc) is 3.36. The minimum Gasteiger partial charge on any atom is -0.493 e. The molecule has 3 aromatic rings. The highest BCUT2D eigenvalue weighted by Crippen LogP contribution is 2.27. The van der Waals surface area contributed by atoms with Crippen LogP contribution in [0.5, 0.6) is 11.5 Å². The molecule has 0 bridgehead atoms. The number of aromatic nitrogens is 2. The third-order valence-electron chi connectivity index (χ3n) is 8.02. The van der Waals surface area contributed by atoms with Crippen LogP contribution in [0, 0.1) is 0 Å². The van der Waals surface area contributed by atoms with Crippen molar-refractivity contribution in [1.29, 1.82) is 0 Å². The van der Waals surface area contributed by atoms with E-state index in [4.69, 9.17) is 14.5 Å². The molecule has 226 valence electrons. The highest BCUT2D eigenvalue weighted by molar-refractivity contribution is 5.94. The molecular weight excluding hydrogens is 510 g/mol. The van der Waals surface area contributed by atoms with Gasteiger partial charge < -0.3 is 19.4 Å². The summed E-state index contributed by atoms with van der Waals surface area (Å²) in [4.78, 5) is 17.7. The fourth-order valence-corrected chi connectivity index (χ4v) is 5.57. The van der Waals surface area contributed by atoms with Gasteiger partial charge in [-0.2, -0.15) is 0 Å². The first kappa shape index (κ1) is 32.5. The van der Waals surface area contributed by atoms with Crippen LogP contribution in [0.4, 0.5) is 0 Å². The summed E-state index contributed by atoms with van der Waals surface area (Å²) in [7, 11) is 3.15. The number of rotatable bonds is 22.